The summed E-state index contributed by atoms with van der Waals surface area (Å²) in [7, 11) is 1.35. The van der Waals surface area contributed by atoms with Gasteiger partial charge in [-0.1, -0.05) is 36.4 Å². The summed E-state index contributed by atoms with van der Waals surface area (Å²) in [6.07, 6.45) is 5.15. The van der Waals surface area contributed by atoms with Gasteiger partial charge in [0.2, 0.25) is 5.91 Å². The molecular formula is C29H37F2N3O3. The van der Waals surface area contributed by atoms with E-state index in [1.165, 1.54) is 25.6 Å². The fourth-order valence-corrected chi connectivity index (χ4v) is 5.83. The van der Waals surface area contributed by atoms with Crippen LogP contribution in [0, 0.1) is 17.6 Å². The van der Waals surface area contributed by atoms with E-state index in [9.17, 15) is 18.4 Å². The number of benzene rings is 2. The average molecular weight is 514 g/mol. The Balaban J connectivity index is 0.000000586. The first-order valence-corrected chi connectivity index (χ1v) is 13.3. The number of nitrogens with one attached hydrogen (secondary N) is 1. The molecule has 2 amide bonds. The molecule has 2 atom stereocenters. The molecule has 3 fully saturated rings. The molecule has 6 nitrogen and oxygen atoms in total. The van der Waals surface area contributed by atoms with Gasteiger partial charge in [0.05, 0.1) is 5.41 Å². The summed E-state index contributed by atoms with van der Waals surface area (Å²) < 4.78 is 26.9. The number of halogens is 2. The van der Waals surface area contributed by atoms with Crippen LogP contribution in [0.2, 0.25) is 0 Å². The van der Waals surface area contributed by atoms with Crippen molar-refractivity contribution in [2.45, 2.75) is 49.9 Å². The number of nitrogens with zero attached hydrogens (tertiary/aromatic N) is 2. The van der Waals surface area contributed by atoms with E-state index in [2.05, 4.69) is 21.9 Å². The van der Waals surface area contributed by atoms with Crippen LogP contribution in [0.15, 0.2) is 48.5 Å². The molecule has 2 aromatic carbocycles. The van der Waals surface area contributed by atoms with Crippen molar-refractivity contribution in [3.05, 3.63) is 71.3 Å². The fraction of sp³-hybridized carbons (Fsp3) is 0.517. The Labute approximate surface area is 217 Å². The Morgan fingerprint density at radius 2 is 1.62 bits per heavy atom. The van der Waals surface area contributed by atoms with E-state index in [-0.39, 0.29) is 0 Å². The third-order valence-corrected chi connectivity index (χ3v) is 8.09. The first kappa shape index (κ1) is 27.0. The van der Waals surface area contributed by atoms with Crippen molar-refractivity contribution < 1.29 is 23.5 Å². The topological polar surface area (TPSA) is 72.9 Å². The maximum atomic E-state index is 13.8. The lowest BCUT2D eigenvalue weighted by Crippen LogP contribution is -2.54. The summed E-state index contributed by atoms with van der Waals surface area (Å²) >= 11 is 0. The van der Waals surface area contributed by atoms with Crippen LogP contribution >= 0.6 is 0 Å². The number of amides is 2. The number of rotatable bonds is 5. The van der Waals surface area contributed by atoms with E-state index < -0.39 is 23.1 Å². The molecule has 2 aromatic rings. The number of likely N-dealkylation sites (tertiary alicyclic amines) is 2. The molecule has 5 rings (SSSR count). The molecule has 0 radical (unpaired) electrons. The van der Waals surface area contributed by atoms with Gasteiger partial charge >= 0.3 is 6.09 Å². The number of hydrogen-bond donors (Lipinski definition) is 2. The molecular weight excluding hydrogens is 476 g/mol. The Morgan fingerprint density at radius 3 is 2.22 bits per heavy atom. The van der Waals surface area contributed by atoms with E-state index in [1.54, 1.807) is 6.07 Å². The van der Waals surface area contributed by atoms with E-state index in [4.69, 9.17) is 5.11 Å². The maximum Gasteiger partial charge on any atom is 0.404 e. The molecule has 0 spiro atoms. The van der Waals surface area contributed by atoms with E-state index in [1.807, 2.05) is 23.5 Å². The van der Waals surface area contributed by atoms with Crippen LogP contribution in [0.5, 0.6) is 0 Å². The summed E-state index contributed by atoms with van der Waals surface area (Å²) in [6.45, 7) is 4.53. The number of carbonyl (C=O) groups is 2. The van der Waals surface area contributed by atoms with Crippen LogP contribution in [0.1, 0.15) is 55.6 Å². The molecule has 2 heterocycles. The number of carboxylic acid groups (broad SMARTS) is 1. The molecule has 3 aliphatic rings. The van der Waals surface area contributed by atoms with Crippen molar-refractivity contribution in [1.82, 2.24) is 15.1 Å². The quantitative estimate of drug-likeness (QED) is 0.590. The summed E-state index contributed by atoms with van der Waals surface area (Å²) in [5, 5.41) is 9.56. The number of hydrogen-bond acceptors (Lipinski definition) is 3. The first-order chi connectivity index (χ1) is 17.8. The second kappa shape index (κ2) is 12.0. The zero-order valence-electron chi connectivity index (χ0n) is 21.5. The molecule has 0 aromatic heterocycles. The standard InChI is InChI=1S/C27H32F2N2O.C2H5NO2/c28-24-10-9-20(18-25(24)29)23-17-21(23)19-30-15-11-27(12-16-30,22-7-3-1-4-8-22)26(32)31-13-5-2-6-14-31;1-3-2(4)5/h1,3-4,7-10,18,21,23H,2,5-6,11-17,19H2;3H,1H3,(H,4,5)/t21-,23+;/m0./s1. The van der Waals surface area contributed by atoms with Crippen LogP contribution in [0.25, 0.3) is 0 Å². The van der Waals surface area contributed by atoms with Gasteiger partial charge in [0.25, 0.3) is 0 Å². The molecule has 2 saturated heterocycles. The molecule has 1 saturated carbocycles. The van der Waals surface area contributed by atoms with Crippen molar-refractivity contribution in [2.75, 3.05) is 39.8 Å². The molecule has 8 heteroatoms. The van der Waals surface area contributed by atoms with Gasteiger partial charge in [-0.05, 0) is 86.7 Å². The van der Waals surface area contributed by atoms with Crippen molar-refractivity contribution >= 4 is 12.0 Å². The third-order valence-electron chi connectivity index (χ3n) is 8.09. The minimum Gasteiger partial charge on any atom is -0.465 e. The molecule has 2 aliphatic heterocycles. The monoisotopic (exact) mass is 513 g/mol. The SMILES string of the molecule is CNC(=O)O.O=C(N1CCCCC1)C1(c2ccccc2)CCN(C[C@@H]2C[C@@H]2c2ccc(F)c(F)c2)CC1. The lowest BCUT2D eigenvalue weighted by atomic mass is 9.71. The molecule has 2 N–H and O–H groups in total. The van der Waals surface area contributed by atoms with Gasteiger partial charge in [-0.2, -0.15) is 0 Å². The lowest BCUT2D eigenvalue weighted by Gasteiger charge is -2.44. The Morgan fingerprint density at radius 1 is 0.973 bits per heavy atom. The molecule has 37 heavy (non-hydrogen) atoms. The Hall–Kier alpha value is -3.00. The second-order valence-electron chi connectivity index (χ2n) is 10.4. The van der Waals surface area contributed by atoms with Gasteiger partial charge in [-0.15, -0.1) is 0 Å². The highest BCUT2D eigenvalue weighted by molar-refractivity contribution is 5.88. The number of carbonyl (C=O) groups excluding carboxylic acids is 1. The smallest absolute Gasteiger partial charge is 0.404 e. The third kappa shape index (κ3) is 6.47. The predicted molar refractivity (Wildman–Crippen MR) is 139 cm³/mol. The normalized spacial score (nSPS) is 22.9. The molecule has 200 valence electrons. The van der Waals surface area contributed by atoms with Crippen molar-refractivity contribution in [1.29, 1.82) is 0 Å². The summed E-state index contributed by atoms with van der Waals surface area (Å²) in [6, 6.07) is 14.7. The molecule has 0 bridgehead atoms. The summed E-state index contributed by atoms with van der Waals surface area (Å²) in [4.78, 5) is 27.6. The first-order valence-electron chi connectivity index (χ1n) is 13.3. The van der Waals surface area contributed by atoms with Crippen LogP contribution in [-0.4, -0.2) is 66.7 Å². The van der Waals surface area contributed by atoms with E-state index in [0.29, 0.717) is 17.7 Å². The van der Waals surface area contributed by atoms with Crippen LogP contribution in [0.4, 0.5) is 13.6 Å². The highest BCUT2D eigenvalue weighted by Crippen LogP contribution is 2.49. The highest BCUT2D eigenvalue weighted by Gasteiger charge is 2.47. The molecule has 1 aliphatic carbocycles. The zero-order valence-corrected chi connectivity index (χ0v) is 21.5. The van der Waals surface area contributed by atoms with Gasteiger partial charge in [0.15, 0.2) is 11.6 Å². The second-order valence-corrected chi connectivity index (χ2v) is 10.4. The van der Waals surface area contributed by atoms with Gasteiger partial charge in [-0.3, -0.25) is 4.79 Å². The van der Waals surface area contributed by atoms with Gasteiger partial charge in [-0.25, -0.2) is 13.6 Å². The van der Waals surface area contributed by atoms with Gasteiger partial charge in [0.1, 0.15) is 0 Å². The zero-order chi connectivity index (χ0) is 26.4. The highest BCUT2D eigenvalue weighted by atomic mass is 19.2. The van der Waals surface area contributed by atoms with Crippen molar-refractivity contribution in [3.8, 4) is 0 Å². The van der Waals surface area contributed by atoms with Crippen LogP contribution in [0.3, 0.4) is 0 Å². The van der Waals surface area contributed by atoms with Crippen LogP contribution in [-0.2, 0) is 10.2 Å². The average Bonchev–Trinajstić information content (AvgIpc) is 3.70. The van der Waals surface area contributed by atoms with Gasteiger partial charge in [0, 0.05) is 26.7 Å². The van der Waals surface area contributed by atoms with E-state index in [0.717, 1.165) is 76.0 Å². The van der Waals surface area contributed by atoms with Crippen molar-refractivity contribution in [3.63, 3.8) is 0 Å². The number of piperidine rings is 2. The van der Waals surface area contributed by atoms with Gasteiger partial charge < -0.3 is 20.2 Å². The minimum absolute atomic E-state index is 0.314. The maximum absolute atomic E-state index is 13.8. The lowest BCUT2D eigenvalue weighted by molar-refractivity contribution is -0.140. The van der Waals surface area contributed by atoms with Crippen LogP contribution < -0.4 is 5.32 Å². The van der Waals surface area contributed by atoms with E-state index >= 15 is 0 Å². The summed E-state index contributed by atoms with van der Waals surface area (Å²) in [5.41, 5.74) is 1.64. The summed E-state index contributed by atoms with van der Waals surface area (Å²) in [5.74, 6) is -0.412. The Kier molecular flexibility index (Phi) is 8.79. The minimum atomic E-state index is -0.995. The van der Waals surface area contributed by atoms with Crippen molar-refractivity contribution in [2.24, 2.45) is 5.92 Å². The molecule has 0 unspecified atom stereocenters. The predicted octanol–water partition coefficient (Wildman–Crippen LogP) is 5.00. The Bertz CT molecular complexity index is 1070. The fourth-order valence-electron chi connectivity index (χ4n) is 5.83. The largest absolute Gasteiger partial charge is 0.465 e.